The van der Waals surface area contributed by atoms with Gasteiger partial charge in [-0.1, -0.05) is 6.07 Å². The number of piperidine rings is 1. The summed E-state index contributed by atoms with van der Waals surface area (Å²) in [6, 6.07) is 10.6. The molecule has 2 heterocycles. The van der Waals surface area contributed by atoms with E-state index < -0.39 is 11.6 Å². The molecule has 1 fully saturated rings. The molecular weight excluding hydrogens is 350 g/mol. The van der Waals surface area contributed by atoms with Gasteiger partial charge in [0, 0.05) is 43.9 Å². The molecule has 0 bridgehead atoms. The van der Waals surface area contributed by atoms with Crippen LogP contribution < -0.4 is 19.7 Å². The van der Waals surface area contributed by atoms with Crippen molar-refractivity contribution in [2.24, 2.45) is 0 Å². The largest absolute Gasteiger partial charge is 0.490 e. The molecule has 0 amide bonds. The molecule has 4 nitrogen and oxygen atoms in total. The van der Waals surface area contributed by atoms with Crippen LogP contribution in [0.5, 0.6) is 11.5 Å². The summed E-state index contributed by atoms with van der Waals surface area (Å²) >= 11 is 0. The van der Waals surface area contributed by atoms with E-state index in [1.807, 2.05) is 12.1 Å². The van der Waals surface area contributed by atoms with Crippen molar-refractivity contribution in [3.63, 3.8) is 0 Å². The zero-order valence-electron chi connectivity index (χ0n) is 15.2. The smallest absolute Gasteiger partial charge is 0.161 e. The third kappa shape index (κ3) is 4.33. The highest BCUT2D eigenvalue weighted by atomic mass is 19.2. The molecule has 0 radical (unpaired) electrons. The zero-order chi connectivity index (χ0) is 18.6. The number of ether oxygens (including phenoxy) is 2. The summed E-state index contributed by atoms with van der Waals surface area (Å²) in [7, 11) is 0. The van der Waals surface area contributed by atoms with Gasteiger partial charge in [0.05, 0.1) is 13.2 Å². The van der Waals surface area contributed by atoms with Crippen molar-refractivity contribution in [2.75, 3.05) is 31.2 Å². The number of hydrogen-bond acceptors (Lipinski definition) is 4. The van der Waals surface area contributed by atoms with Gasteiger partial charge in [0.15, 0.2) is 23.1 Å². The summed E-state index contributed by atoms with van der Waals surface area (Å²) in [4.78, 5) is 2.11. The maximum absolute atomic E-state index is 13.4. The first-order valence-electron chi connectivity index (χ1n) is 9.51. The maximum Gasteiger partial charge on any atom is 0.161 e. The fraction of sp³-hybridized carbons (Fsp3) is 0.429. The molecule has 27 heavy (non-hydrogen) atoms. The van der Waals surface area contributed by atoms with E-state index in [4.69, 9.17) is 9.47 Å². The van der Waals surface area contributed by atoms with Gasteiger partial charge in [0.1, 0.15) is 0 Å². The SMILES string of the molecule is Fc1ccc(N2CCC(NCc3ccc4c(c3)OCCCO4)CC2)cc1F. The number of fused-ring (bicyclic) bond motifs is 1. The standard InChI is InChI=1S/C21H24F2N2O2/c22-18-4-3-17(13-19(18)23)25-8-6-16(7-9-25)24-14-15-2-5-20-21(12-15)27-11-1-10-26-20/h2-5,12-13,16,24H,1,6-11,14H2. The van der Waals surface area contributed by atoms with Crippen molar-refractivity contribution < 1.29 is 18.3 Å². The van der Waals surface area contributed by atoms with Gasteiger partial charge in [-0.05, 0) is 42.7 Å². The van der Waals surface area contributed by atoms with Crippen molar-refractivity contribution >= 4 is 5.69 Å². The van der Waals surface area contributed by atoms with Gasteiger partial charge in [-0.25, -0.2) is 8.78 Å². The summed E-state index contributed by atoms with van der Waals surface area (Å²) < 4.78 is 37.9. The molecule has 2 aliphatic rings. The van der Waals surface area contributed by atoms with E-state index in [1.165, 1.54) is 17.7 Å². The molecule has 2 aromatic carbocycles. The summed E-state index contributed by atoms with van der Waals surface area (Å²) in [6.45, 7) is 3.80. The Morgan fingerprint density at radius 1 is 0.926 bits per heavy atom. The van der Waals surface area contributed by atoms with Crippen LogP contribution in [0.4, 0.5) is 14.5 Å². The molecule has 4 rings (SSSR count). The zero-order valence-corrected chi connectivity index (χ0v) is 15.2. The Labute approximate surface area is 158 Å². The number of anilines is 1. The molecule has 0 aromatic heterocycles. The average molecular weight is 374 g/mol. The lowest BCUT2D eigenvalue weighted by molar-refractivity contribution is 0.297. The first-order valence-corrected chi connectivity index (χ1v) is 9.51. The van der Waals surface area contributed by atoms with Crippen molar-refractivity contribution in [2.45, 2.75) is 31.8 Å². The highest BCUT2D eigenvalue weighted by Gasteiger charge is 2.20. The van der Waals surface area contributed by atoms with E-state index in [-0.39, 0.29) is 0 Å². The molecule has 1 N–H and O–H groups in total. The number of nitrogens with zero attached hydrogens (tertiary/aromatic N) is 1. The highest BCUT2D eigenvalue weighted by molar-refractivity contribution is 5.47. The predicted molar refractivity (Wildman–Crippen MR) is 100 cm³/mol. The third-order valence-corrected chi connectivity index (χ3v) is 5.17. The first kappa shape index (κ1) is 18.0. The van der Waals surface area contributed by atoms with E-state index in [1.54, 1.807) is 6.07 Å². The molecular formula is C21H24F2N2O2. The Kier molecular flexibility index (Phi) is 5.43. The van der Waals surface area contributed by atoms with Gasteiger partial charge in [-0.2, -0.15) is 0 Å². The second-order valence-electron chi connectivity index (χ2n) is 7.07. The van der Waals surface area contributed by atoms with Crippen molar-refractivity contribution in [1.29, 1.82) is 0 Å². The molecule has 1 saturated heterocycles. The molecule has 2 aliphatic heterocycles. The van der Waals surface area contributed by atoms with Crippen LogP contribution in [0.25, 0.3) is 0 Å². The molecule has 0 aliphatic carbocycles. The van der Waals surface area contributed by atoms with Gasteiger partial charge >= 0.3 is 0 Å². The van der Waals surface area contributed by atoms with Crippen LogP contribution in [0.3, 0.4) is 0 Å². The van der Waals surface area contributed by atoms with E-state index >= 15 is 0 Å². The summed E-state index contributed by atoms with van der Waals surface area (Å²) in [5.41, 5.74) is 1.91. The van der Waals surface area contributed by atoms with Crippen molar-refractivity contribution in [3.8, 4) is 11.5 Å². The van der Waals surface area contributed by atoms with Crippen LogP contribution in [0, 0.1) is 11.6 Å². The Morgan fingerprint density at radius 3 is 2.48 bits per heavy atom. The quantitative estimate of drug-likeness (QED) is 0.881. The third-order valence-electron chi connectivity index (χ3n) is 5.17. The van der Waals surface area contributed by atoms with Gasteiger partial charge in [-0.3, -0.25) is 0 Å². The van der Waals surface area contributed by atoms with Crippen LogP contribution in [0.15, 0.2) is 36.4 Å². The summed E-state index contributed by atoms with van der Waals surface area (Å²) in [6.07, 6.45) is 2.83. The van der Waals surface area contributed by atoms with E-state index in [9.17, 15) is 8.78 Å². The molecule has 0 saturated carbocycles. The van der Waals surface area contributed by atoms with Gasteiger partial charge in [-0.15, -0.1) is 0 Å². The molecule has 0 atom stereocenters. The molecule has 0 unspecified atom stereocenters. The van der Waals surface area contributed by atoms with Crippen molar-refractivity contribution in [1.82, 2.24) is 5.32 Å². The van der Waals surface area contributed by atoms with E-state index in [0.29, 0.717) is 19.3 Å². The van der Waals surface area contributed by atoms with Crippen LogP contribution >= 0.6 is 0 Å². The summed E-state index contributed by atoms with van der Waals surface area (Å²) in [5.74, 6) is 0.0450. The molecule has 2 aromatic rings. The average Bonchev–Trinajstić information content (AvgIpc) is 2.94. The fourth-order valence-corrected chi connectivity index (χ4v) is 3.60. The van der Waals surface area contributed by atoms with Gasteiger partial charge < -0.3 is 19.7 Å². The number of rotatable bonds is 4. The Bertz CT molecular complexity index is 792. The monoisotopic (exact) mass is 374 g/mol. The minimum absolute atomic E-state index is 0.405. The second kappa shape index (κ2) is 8.13. The lowest BCUT2D eigenvalue weighted by atomic mass is 10.0. The minimum atomic E-state index is -0.801. The Balaban J connectivity index is 1.29. The van der Waals surface area contributed by atoms with E-state index in [0.717, 1.165) is 56.1 Å². The first-order chi connectivity index (χ1) is 13.2. The second-order valence-corrected chi connectivity index (χ2v) is 7.07. The highest BCUT2D eigenvalue weighted by Crippen LogP contribution is 2.30. The molecule has 6 heteroatoms. The number of hydrogen-bond donors (Lipinski definition) is 1. The van der Waals surface area contributed by atoms with E-state index in [2.05, 4.69) is 16.3 Å². The Hall–Kier alpha value is -2.34. The number of halogens is 2. The topological polar surface area (TPSA) is 33.7 Å². The van der Waals surface area contributed by atoms with Crippen molar-refractivity contribution in [3.05, 3.63) is 53.6 Å². The molecule has 144 valence electrons. The lowest BCUT2D eigenvalue weighted by Crippen LogP contribution is -2.42. The fourth-order valence-electron chi connectivity index (χ4n) is 3.60. The predicted octanol–water partition coefficient (Wildman–Crippen LogP) is 3.88. The van der Waals surface area contributed by atoms with Gasteiger partial charge in [0.25, 0.3) is 0 Å². The summed E-state index contributed by atoms with van der Waals surface area (Å²) in [5, 5.41) is 3.60. The van der Waals surface area contributed by atoms with Crippen LogP contribution in [-0.4, -0.2) is 32.3 Å². The lowest BCUT2D eigenvalue weighted by Gasteiger charge is -2.34. The van der Waals surface area contributed by atoms with Crippen LogP contribution in [0.2, 0.25) is 0 Å². The van der Waals surface area contributed by atoms with Gasteiger partial charge in [0.2, 0.25) is 0 Å². The number of benzene rings is 2. The normalized spacial score (nSPS) is 17.6. The van der Waals surface area contributed by atoms with Crippen LogP contribution in [-0.2, 0) is 6.54 Å². The number of nitrogens with one attached hydrogen (secondary N) is 1. The maximum atomic E-state index is 13.4. The van der Waals surface area contributed by atoms with Crippen LogP contribution in [0.1, 0.15) is 24.8 Å². The Morgan fingerprint density at radius 2 is 1.70 bits per heavy atom. The minimum Gasteiger partial charge on any atom is -0.490 e. The molecule has 0 spiro atoms.